The molecule has 3 rings (SSSR count). The Balaban J connectivity index is 1.76. The Labute approximate surface area is 115 Å². The molecule has 6 heteroatoms. The highest BCUT2D eigenvalue weighted by atomic mass is 16.5. The molecule has 20 heavy (non-hydrogen) atoms. The van der Waals surface area contributed by atoms with Crippen molar-refractivity contribution in [1.82, 2.24) is 20.2 Å². The van der Waals surface area contributed by atoms with Crippen molar-refractivity contribution in [3.63, 3.8) is 0 Å². The number of hydrogen-bond donors (Lipinski definition) is 2. The summed E-state index contributed by atoms with van der Waals surface area (Å²) in [5.41, 5.74) is 7.62. The zero-order valence-electron chi connectivity index (χ0n) is 10.7. The highest BCUT2D eigenvalue weighted by Crippen LogP contribution is 2.20. The first-order chi connectivity index (χ1) is 9.79. The molecule has 0 unspecified atom stereocenters. The van der Waals surface area contributed by atoms with Gasteiger partial charge in [0.1, 0.15) is 11.6 Å². The number of ether oxygens (including phenoxy) is 1. The fraction of sp³-hybridized carbons (Fsp3) is 0.0714. The first kappa shape index (κ1) is 12.2. The number of nitrogens with zero attached hydrogens (tertiary/aromatic N) is 3. The molecule has 0 aliphatic heterocycles. The summed E-state index contributed by atoms with van der Waals surface area (Å²) >= 11 is 0. The van der Waals surface area contributed by atoms with Crippen LogP contribution in [-0.4, -0.2) is 20.2 Å². The largest absolute Gasteiger partial charge is 0.424 e. The third-order valence-electron chi connectivity index (χ3n) is 2.69. The van der Waals surface area contributed by atoms with Gasteiger partial charge in [0.2, 0.25) is 0 Å². The summed E-state index contributed by atoms with van der Waals surface area (Å²) in [5.74, 6) is 1.19. The molecule has 2 aromatic heterocycles. The van der Waals surface area contributed by atoms with E-state index in [4.69, 9.17) is 10.5 Å². The molecule has 0 aliphatic carbocycles. The summed E-state index contributed by atoms with van der Waals surface area (Å²) in [6.07, 6.45) is 3.98. The standard InChI is InChI=1S/C14H13N5O/c15-13-9-11(18-19-13)7-10-3-1-4-12(8-10)20-14-16-5-2-6-17-14/h1-6,8-9H,7H2,(H3,15,18,19). The molecule has 100 valence electrons. The molecule has 3 N–H and O–H groups in total. The van der Waals surface area contributed by atoms with E-state index in [2.05, 4.69) is 20.2 Å². The molecule has 0 atom stereocenters. The molecule has 3 aromatic rings. The summed E-state index contributed by atoms with van der Waals surface area (Å²) in [5, 5.41) is 6.79. The Bertz CT molecular complexity index is 696. The second-order valence-electron chi connectivity index (χ2n) is 4.28. The van der Waals surface area contributed by atoms with Gasteiger partial charge in [-0.15, -0.1) is 0 Å². The van der Waals surface area contributed by atoms with Gasteiger partial charge >= 0.3 is 6.01 Å². The average molecular weight is 267 g/mol. The van der Waals surface area contributed by atoms with Crippen molar-refractivity contribution in [3.8, 4) is 11.8 Å². The number of nitrogens with two attached hydrogens (primary N) is 1. The number of rotatable bonds is 4. The summed E-state index contributed by atoms with van der Waals surface area (Å²) in [6, 6.07) is 11.6. The third kappa shape index (κ3) is 2.92. The minimum atomic E-state index is 0.329. The zero-order chi connectivity index (χ0) is 13.8. The van der Waals surface area contributed by atoms with Crippen molar-refractivity contribution < 1.29 is 4.74 Å². The number of anilines is 1. The van der Waals surface area contributed by atoms with E-state index in [1.54, 1.807) is 18.5 Å². The zero-order valence-corrected chi connectivity index (χ0v) is 10.7. The van der Waals surface area contributed by atoms with Gasteiger partial charge in [0.05, 0.1) is 0 Å². The minimum Gasteiger partial charge on any atom is -0.424 e. The first-order valence-electron chi connectivity index (χ1n) is 6.13. The molecule has 0 saturated carbocycles. The normalized spacial score (nSPS) is 10.4. The van der Waals surface area contributed by atoms with Crippen molar-refractivity contribution in [2.24, 2.45) is 0 Å². The molecule has 0 spiro atoms. The molecular weight excluding hydrogens is 254 g/mol. The first-order valence-corrected chi connectivity index (χ1v) is 6.13. The summed E-state index contributed by atoms with van der Waals surface area (Å²) in [6.45, 7) is 0. The Morgan fingerprint density at radius 2 is 1.95 bits per heavy atom. The van der Waals surface area contributed by atoms with E-state index in [1.165, 1.54) is 0 Å². The number of aromatic nitrogens is 4. The van der Waals surface area contributed by atoms with Gasteiger partial charge in [-0.1, -0.05) is 12.1 Å². The predicted octanol–water partition coefficient (Wildman–Crippen LogP) is 2.17. The molecule has 1 aromatic carbocycles. The van der Waals surface area contributed by atoms with Crippen LogP contribution in [0, 0.1) is 0 Å². The van der Waals surface area contributed by atoms with Crippen LogP contribution in [0.4, 0.5) is 5.82 Å². The van der Waals surface area contributed by atoms with E-state index >= 15 is 0 Å². The van der Waals surface area contributed by atoms with Crippen LogP contribution in [0.2, 0.25) is 0 Å². The average Bonchev–Trinajstić information content (AvgIpc) is 2.86. The van der Waals surface area contributed by atoms with E-state index in [-0.39, 0.29) is 0 Å². The highest BCUT2D eigenvalue weighted by molar-refractivity contribution is 5.35. The van der Waals surface area contributed by atoms with Crippen LogP contribution in [0.1, 0.15) is 11.3 Å². The lowest BCUT2D eigenvalue weighted by Gasteiger charge is -2.05. The summed E-state index contributed by atoms with van der Waals surface area (Å²) in [7, 11) is 0. The molecule has 0 saturated heterocycles. The van der Waals surface area contributed by atoms with E-state index < -0.39 is 0 Å². The minimum absolute atomic E-state index is 0.329. The Kier molecular flexibility index (Phi) is 3.28. The highest BCUT2D eigenvalue weighted by Gasteiger charge is 2.03. The van der Waals surface area contributed by atoms with E-state index in [9.17, 15) is 0 Å². The molecule has 6 nitrogen and oxygen atoms in total. The van der Waals surface area contributed by atoms with Gasteiger partial charge in [0.15, 0.2) is 0 Å². The quantitative estimate of drug-likeness (QED) is 0.756. The molecule has 2 heterocycles. The Hall–Kier alpha value is -2.89. The molecule has 0 bridgehead atoms. The number of nitrogens with one attached hydrogen (secondary N) is 1. The van der Waals surface area contributed by atoms with Gasteiger partial charge in [-0.2, -0.15) is 5.10 Å². The molecule has 0 fully saturated rings. The van der Waals surface area contributed by atoms with Gasteiger partial charge in [0.25, 0.3) is 0 Å². The summed E-state index contributed by atoms with van der Waals surface area (Å²) in [4.78, 5) is 8.05. The number of aromatic amines is 1. The van der Waals surface area contributed by atoms with Crippen LogP contribution >= 0.6 is 0 Å². The maximum absolute atomic E-state index is 5.59. The molecular formula is C14H13N5O. The Morgan fingerprint density at radius 1 is 1.10 bits per heavy atom. The predicted molar refractivity (Wildman–Crippen MR) is 74.4 cm³/mol. The lowest BCUT2D eigenvalue weighted by atomic mass is 10.1. The topological polar surface area (TPSA) is 89.7 Å². The van der Waals surface area contributed by atoms with Gasteiger partial charge in [0, 0.05) is 30.6 Å². The van der Waals surface area contributed by atoms with Gasteiger partial charge < -0.3 is 10.5 Å². The second kappa shape index (κ2) is 5.40. The fourth-order valence-electron chi connectivity index (χ4n) is 1.85. The third-order valence-corrected chi connectivity index (χ3v) is 2.69. The van der Waals surface area contributed by atoms with E-state index in [0.717, 1.165) is 11.3 Å². The van der Waals surface area contributed by atoms with Crippen molar-refractivity contribution in [3.05, 3.63) is 60.0 Å². The number of hydrogen-bond acceptors (Lipinski definition) is 5. The van der Waals surface area contributed by atoms with Crippen LogP contribution < -0.4 is 10.5 Å². The lowest BCUT2D eigenvalue weighted by molar-refractivity contribution is 0.441. The molecule has 0 radical (unpaired) electrons. The van der Waals surface area contributed by atoms with E-state index in [1.807, 2.05) is 30.3 Å². The van der Waals surface area contributed by atoms with Crippen LogP contribution in [-0.2, 0) is 6.42 Å². The van der Waals surface area contributed by atoms with Crippen LogP contribution in [0.5, 0.6) is 11.8 Å². The second-order valence-corrected chi connectivity index (χ2v) is 4.28. The van der Waals surface area contributed by atoms with Gasteiger partial charge in [-0.3, -0.25) is 5.10 Å². The lowest BCUT2D eigenvalue weighted by Crippen LogP contribution is -1.92. The van der Waals surface area contributed by atoms with Crippen molar-refractivity contribution in [1.29, 1.82) is 0 Å². The maximum Gasteiger partial charge on any atom is 0.321 e. The summed E-state index contributed by atoms with van der Waals surface area (Å²) < 4.78 is 5.59. The fourth-order valence-corrected chi connectivity index (χ4v) is 1.85. The van der Waals surface area contributed by atoms with Gasteiger partial charge in [-0.05, 0) is 23.8 Å². The van der Waals surface area contributed by atoms with Crippen molar-refractivity contribution in [2.75, 3.05) is 5.73 Å². The molecule has 0 aliphatic rings. The van der Waals surface area contributed by atoms with E-state index in [0.29, 0.717) is 24.0 Å². The SMILES string of the molecule is Nc1cc(Cc2cccc(Oc3ncccn3)c2)[nH]n1. The van der Waals surface area contributed by atoms with Crippen molar-refractivity contribution in [2.45, 2.75) is 6.42 Å². The van der Waals surface area contributed by atoms with Crippen LogP contribution in [0.25, 0.3) is 0 Å². The monoisotopic (exact) mass is 267 g/mol. The van der Waals surface area contributed by atoms with Crippen molar-refractivity contribution >= 4 is 5.82 Å². The van der Waals surface area contributed by atoms with Crippen LogP contribution in [0.15, 0.2) is 48.8 Å². The number of benzene rings is 1. The number of H-pyrrole nitrogens is 1. The van der Waals surface area contributed by atoms with Gasteiger partial charge in [-0.25, -0.2) is 9.97 Å². The van der Waals surface area contributed by atoms with Crippen LogP contribution in [0.3, 0.4) is 0 Å². The maximum atomic E-state index is 5.59. The smallest absolute Gasteiger partial charge is 0.321 e. The number of nitrogen functional groups attached to an aromatic ring is 1. The molecule has 0 amide bonds. The Morgan fingerprint density at radius 3 is 2.70 bits per heavy atom.